The van der Waals surface area contributed by atoms with E-state index in [1.807, 2.05) is 54.6 Å². The minimum atomic E-state index is -0.750. The molecule has 0 bridgehead atoms. The van der Waals surface area contributed by atoms with E-state index in [4.69, 9.17) is 65.8 Å². The second-order valence-electron chi connectivity index (χ2n) is 11.7. The molecule has 7 aromatic rings. The van der Waals surface area contributed by atoms with Crippen LogP contribution in [0.2, 0.25) is 20.1 Å². The Balaban J connectivity index is 1.41. The van der Waals surface area contributed by atoms with E-state index in [0.29, 0.717) is 54.2 Å². The first-order valence-corrected chi connectivity index (χ1v) is 19.1. The van der Waals surface area contributed by atoms with Crippen LogP contribution in [0.4, 0.5) is 0 Å². The standard InChI is InChI=1S/C40H20Cl4N4O3S2/c1-2-50-40(49)33-32(34(41)36(43)37(44)35(33)42)31-21-13-11-19(23(17-45)38-47-25-7-3-5-9-29(25)52-38)15-27(21)51-28-16-20(12-14-22(28)31)24(18-46)39-48-26-8-4-6-10-30(26)53-39/h3-16,23H,2H2,1H3. The molecule has 0 aliphatic carbocycles. The molecular weight excluding hydrogens is 790 g/mol. The largest absolute Gasteiger partial charge is 0.462 e. The Morgan fingerprint density at radius 2 is 1.53 bits per heavy atom. The molecule has 0 fully saturated rings. The molecular formula is C40H20Cl4N4O3S2. The lowest BCUT2D eigenvalue weighted by molar-refractivity contribution is 0.0526. The number of para-hydroxylation sites is 2. The number of rotatable bonds is 6. The molecule has 3 heterocycles. The SMILES string of the molecule is CCOC(=O)c1c(Cl)c(Cl)c(Cl)c(Cl)c1C1=c2ccc(=C(C#N)c3nc4ccccc4s3)cc2Oc2cc(C(C#N)c3nc4ccccc4s3)ccc21. The van der Waals surface area contributed by atoms with Crippen molar-refractivity contribution in [1.82, 2.24) is 9.97 Å². The zero-order chi connectivity index (χ0) is 37.0. The van der Waals surface area contributed by atoms with Gasteiger partial charge in [0.2, 0.25) is 0 Å². The van der Waals surface area contributed by atoms with Crippen LogP contribution in [0.15, 0.2) is 84.9 Å². The van der Waals surface area contributed by atoms with E-state index in [-0.39, 0.29) is 37.8 Å². The van der Waals surface area contributed by atoms with Crippen molar-refractivity contribution in [3.63, 3.8) is 0 Å². The van der Waals surface area contributed by atoms with E-state index in [1.165, 1.54) is 22.7 Å². The molecule has 13 heteroatoms. The Morgan fingerprint density at radius 1 is 0.830 bits per heavy atom. The molecule has 0 spiro atoms. The number of halogens is 4. The fourth-order valence-electron chi connectivity index (χ4n) is 6.27. The van der Waals surface area contributed by atoms with Crippen molar-refractivity contribution in [1.29, 1.82) is 10.5 Å². The number of aromatic nitrogens is 2. The van der Waals surface area contributed by atoms with E-state index in [1.54, 1.807) is 37.3 Å². The predicted octanol–water partition coefficient (Wildman–Crippen LogP) is 10.4. The summed E-state index contributed by atoms with van der Waals surface area (Å²) < 4.78 is 14.0. The van der Waals surface area contributed by atoms with Gasteiger partial charge in [0.25, 0.3) is 0 Å². The summed E-state index contributed by atoms with van der Waals surface area (Å²) in [6.45, 7) is 1.73. The van der Waals surface area contributed by atoms with Gasteiger partial charge in [-0.1, -0.05) is 88.9 Å². The van der Waals surface area contributed by atoms with Crippen LogP contribution < -0.4 is 15.2 Å². The molecule has 0 amide bonds. The van der Waals surface area contributed by atoms with Gasteiger partial charge >= 0.3 is 5.97 Å². The third-order valence-electron chi connectivity index (χ3n) is 8.67. The van der Waals surface area contributed by atoms with Gasteiger partial charge in [0, 0.05) is 21.9 Å². The fraction of sp³-hybridized carbons (Fsp3) is 0.0750. The summed E-state index contributed by atoms with van der Waals surface area (Å²) in [5.41, 5.74) is 3.67. The van der Waals surface area contributed by atoms with Gasteiger partial charge in [-0.05, 0) is 60.2 Å². The normalized spacial score (nSPS) is 13.1. The van der Waals surface area contributed by atoms with Crippen LogP contribution in [0.5, 0.6) is 11.5 Å². The topological polar surface area (TPSA) is 109 Å². The molecule has 53 heavy (non-hydrogen) atoms. The Labute approximate surface area is 330 Å². The number of thiazole rings is 2. The monoisotopic (exact) mass is 808 g/mol. The molecule has 0 saturated carbocycles. The number of carbonyl (C=O) groups excluding carboxylic acids is 1. The number of hydrogen-bond donors (Lipinski definition) is 0. The first-order chi connectivity index (χ1) is 25.7. The second-order valence-corrected chi connectivity index (χ2v) is 15.3. The van der Waals surface area contributed by atoms with Crippen molar-refractivity contribution in [3.05, 3.63) is 148 Å². The highest BCUT2D eigenvalue weighted by Crippen LogP contribution is 2.48. The summed E-state index contributed by atoms with van der Waals surface area (Å²) in [5.74, 6) is -0.764. The number of benzene rings is 5. The van der Waals surface area contributed by atoms with Crippen molar-refractivity contribution in [2.24, 2.45) is 0 Å². The zero-order valence-electron chi connectivity index (χ0n) is 27.2. The molecule has 8 rings (SSSR count). The lowest BCUT2D eigenvalue weighted by Crippen LogP contribution is -2.23. The highest BCUT2D eigenvalue weighted by atomic mass is 35.5. The maximum Gasteiger partial charge on any atom is 0.340 e. The van der Waals surface area contributed by atoms with Crippen molar-refractivity contribution in [2.75, 3.05) is 6.61 Å². The number of nitrogens with zero attached hydrogens (tertiary/aromatic N) is 4. The van der Waals surface area contributed by atoms with Gasteiger partial charge in [0.05, 0.1) is 64.3 Å². The third kappa shape index (κ3) is 6.00. The second kappa shape index (κ2) is 14.1. The molecule has 7 nitrogen and oxygen atoms in total. The summed E-state index contributed by atoms with van der Waals surface area (Å²) in [6, 6.07) is 30.8. The molecule has 258 valence electrons. The molecule has 0 radical (unpaired) electrons. The highest BCUT2D eigenvalue weighted by Gasteiger charge is 2.33. The molecule has 1 unspecified atom stereocenters. The molecule has 0 saturated heterocycles. The highest BCUT2D eigenvalue weighted by molar-refractivity contribution is 7.19. The maximum absolute atomic E-state index is 13.6. The van der Waals surface area contributed by atoms with Gasteiger partial charge in [-0.2, -0.15) is 10.5 Å². The lowest BCUT2D eigenvalue weighted by atomic mass is 9.87. The number of fused-ring (bicyclic) bond motifs is 4. The Hall–Kier alpha value is -4.97. The minimum Gasteiger partial charge on any atom is -0.462 e. The number of nitriles is 2. The number of carbonyl (C=O) groups is 1. The zero-order valence-corrected chi connectivity index (χ0v) is 31.9. The van der Waals surface area contributed by atoms with Gasteiger partial charge in [0.1, 0.15) is 33.5 Å². The van der Waals surface area contributed by atoms with Gasteiger partial charge in [-0.25, -0.2) is 14.8 Å². The molecule has 2 aromatic heterocycles. The lowest BCUT2D eigenvalue weighted by Gasteiger charge is -2.25. The first-order valence-electron chi connectivity index (χ1n) is 16.0. The van der Waals surface area contributed by atoms with Crippen LogP contribution >= 0.6 is 69.1 Å². The number of hydrogen-bond acceptors (Lipinski definition) is 9. The van der Waals surface area contributed by atoms with Crippen LogP contribution in [0.1, 0.15) is 49.9 Å². The van der Waals surface area contributed by atoms with Gasteiger partial charge in [0.15, 0.2) is 0 Å². The fourth-order valence-corrected chi connectivity index (χ4v) is 9.32. The Bertz CT molecular complexity index is 2840. The third-order valence-corrected chi connectivity index (χ3v) is 12.6. The quantitative estimate of drug-likeness (QED) is 0.0934. The number of esters is 1. The van der Waals surface area contributed by atoms with E-state index in [2.05, 4.69) is 12.1 Å². The van der Waals surface area contributed by atoms with Crippen molar-refractivity contribution >= 4 is 107 Å². The van der Waals surface area contributed by atoms with E-state index in [9.17, 15) is 15.3 Å². The van der Waals surface area contributed by atoms with Crippen LogP contribution in [-0.4, -0.2) is 22.5 Å². The average Bonchev–Trinajstić information content (AvgIpc) is 3.79. The molecule has 0 N–H and O–H groups in total. The molecule has 1 aliphatic heterocycles. The predicted molar refractivity (Wildman–Crippen MR) is 211 cm³/mol. The Morgan fingerprint density at radius 3 is 2.21 bits per heavy atom. The molecule has 1 atom stereocenters. The van der Waals surface area contributed by atoms with Gasteiger partial charge in [-0.3, -0.25) is 0 Å². The van der Waals surface area contributed by atoms with Crippen LogP contribution in [0.3, 0.4) is 0 Å². The molecule has 5 aromatic carbocycles. The average molecular weight is 811 g/mol. The van der Waals surface area contributed by atoms with E-state index < -0.39 is 11.9 Å². The van der Waals surface area contributed by atoms with Crippen molar-refractivity contribution in [3.8, 4) is 23.6 Å². The summed E-state index contributed by atoms with van der Waals surface area (Å²) >= 11 is 29.7. The smallest absolute Gasteiger partial charge is 0.340 e. The first kappa shape index (κ1) is 35.1. The summed E-state index contributed by atoms with van der Waals surface area (Å²) in [7, 11) is 0. The van der Waals surface area contributed by atoms with E-state index in [0.717, 1.165) is 20.4 Å². The minimum absolute atomic E-state index is 0.0193. The van der Waals surface area contributed by atoms with Crippen LogP contribution in [0.25, 0.3) is 31.6 Å². The van der Waals surface area contributed by atoms with Crippen molar-refractivity contribution < 1.29 is 14.3 Å². The summed E-state index contributed by atoms with van der Waals surface area (Å²) in [5, 5.41) is 22.8. The van der Waals surface area contributed by atoms with Gasteiger partial charge < -0.3 is 9.47 Å². The van der Waals surface area contributed by atoms with Gasteiger partial charge in [-0.15, -0.1) is 22.7 Å². The maximum atomic E-state index is 13.6. The summed E-state index contributed by atoms with van der Waals surface area (Å²) in [6.07, 6.45) is 0. The number of ether oxygens (including phenoxy) is 2. The summed E-state index contributed by atoms with van der Waals surface area (Å²) in [4.78, 5) is 23.1. The van der Waals surface area contributed by atoms with Crippen LogP contribution in [-0.2, 0) is 4.74 Å². The van der Waals surface area contributed by atoms with E-state index >= 15 is 0 Å². The van der Waals surface area contributed by atoms with Crippen molar-refractivity contribution in [2.45, 2.75) is 12.8 Å². The van der Waals surface area contributed by atoms with Crippen LogP contribution in [0, 0.1) is 22.7 Å². The Kier molecular flexibility index (Phi) is 9.34. The molecule has 1 aliphatic rings.